The largest absolute Gasteiger partial charge is 0.477 e. The van der Waals surface area contributed by atoms with E-state index in [4.69, 9.17) is 15.2 Å². The third-order valence-corrected chi connectivity index (χ3v) is 8.15. The summed E-state index contributed by atoms with van der Waals surface area (Å²) in [6, 6.07) is 1.25. The number of sulfonamides is 1. The lowest BCUT2D eigenvalue weighted by atomic mass is 10.2. The normalized spacial score (nSPS) is 14.9. The number of nitrogens with two attached hydrogens (primary N) is 1. The number of anilines is 1. The molecule has 210 valence electrons. The van der Waals surface area contributed by atoms with Crippen molar-refractivity contribution in [3.63, 3.8) is 0 Å². The number of aromatic nitrogens is 3. The van der Waals surface area contributed by atoms with Crippen molar-refractivity contribution >= 4 is 27.5 Å². The maximum absolute atomic E-state index is 13.5. The van der Waals surface area contributed by atoms with Crippen LogP contribution in [0.4, 0.5) is 5.69 Å². The molecule has 0 bridgehead atoms. The molecule has 0 aromatic carbocycles. The van der Waals surface area contributed by atoms with E-state index < -0.39 is 21.8 Å². The second-order valence-electron chi connectivity index (χ2n) is 8.56. The minimum Gasteiger partial charge on any atom is -0.477 e. The van der Waals surface area contributed by atoms with Gasteiger partial charge in [-0.3, -0.25) is 14.3 Å². The van der Waals surface area contributed by atoms with Crippen molar-refractivity contribution in [3.8, 4) is 5.88 Å². The molecule has 3 rings (SSSR count). The van der Waals surface area contributed by atoms with E-state index in [1.807, 2.05) is 20.8 Å². The van der Waals surface area contributed by atoms with Crippen molar-refractivity contribution in [2.75, 3.05) is 57.9 Å². The Balaban J connectivity index is 1.96. The van der Waals surface area contributed by atoms with Gasteiger partial charge in [0.05, 0.1) is 37.3 Å². The first-order valence-corrected chi connectivity index (χ1v) is 14.3. The molecule has 1 fully saturated rings. The van der Waals surface area contributed by atoms with Gasteiger partial charge < -0.3 is 25.4 Å². The Morgan fingerprint density at radius 2 is 1.82 bits per heavy atom. The topological polar surface area (TPSA) is 162 Å². The Hall–Kier alpha value is -3.07. The van der Waals surface area contributed by atoms with Crippen LogP contribution in [0.3, 0.4) is 0 Å². The van der Waals surface area contributed by atoms with Gasteiger partial charge in [-0.15, -0.1) is 0 Å². The number of amides is 2. The highest BCUT2D eigenvalue weighted by molar-refractivity contribution is 7.89. The molecular formula is C24H37N7O6S. The Morgan fingerprint density at radius 1 is 1.11 bits per heavy atom. The number of nitrogens with zero attached hydrogens (tertiary/aromatic N) is 5. The second-order valence-corrected chi connectivity index (χ2v) is 10.5. The van der Waals surface area contributed by atoms with Crippen LogP contribution in [0.1, 0.15) is 54.2 Å². The highest BCUT2D eigenvalue weighted by Gasteiger charge is 2.31. The number of ether oxygens (including phenoxy) is 2. The van der Waals surface area contributed by atoms with Crippen molar-refractivity contribution in [1.29, 1.82) is 0 Å². The predicted octanol–water partition coefficient (Wildman–Crippen LogP) is 0.953. The van der Waals surface area contributed by atoms with Crippen LogP contribution in [0.5, 0.6) is 5.88 Å². The van der Waals surface area contributed by atoms with Crippen LogP contribution in [0, 0.1) is 0 Å². The molecule has 1 aliphatic rings. The van der Waals surface area contributed by atoms with Crippen LogP contribution >= 0.6 is 0 Å². The third kappa shape index (κ3) is 6.49. The number of nitrogens with one attached hydrogen (secondary N) is 1. The standard InChI is InChI=1S/C24H37N7O6S/c1-5-19-20(21(22(25)32)28-31(19)13-14-36-7-3)27-23(33)18-15-17(16-26-24(18)37-8-4)38(34,35)30-11-9-29(6-2)10-12-30/h15-16H,5-14H2,1-4H3,(H2,25,32)(H,27,33). The quantitative estimate of drug-likeness (QED) is 0.345. The molecule has 2 aromatic heterocycles. The van der Waals surface area contributed by atoms with Crippen molar-refractivity contribution in [1.82, 2.24) is 24.0 Å². The van der Waals surface area contributed by atoms with Crippen LogP contribution < -0.4 is 15.8 Å². The van der Waals surface area contributed by atoms with Crippen LogP contribution in [0.25, 0.3) is 0 Å². The molecule has 1 saturated heterocycles. The van der Waals surface area contributed by atoms with Gasteiger partial charge in [-0.1, -0.05) is 13.8 Å². The molecule has 0 unspecified atom stereocenters. The van der Waals surface area contributed by atoms with Crippen molar-refractivity contribution in [2.24, 2.45) is 5.73 Å². The molecule has 1 aliphatic heterocycles. The van der Waals surface area contributed by atoms with Crippen molar-refractivity contribution < 1.29 is 27.5 Å². The fourth-order valence-corrected chi connectivity index (χ4v) is 5.64. The average Bonchev–Trinajstić information content (AvgIpc) is 3.26. The molecule has 2 amide bonds. The van der Waals surface area contributed by atoms with Crippen LogP contribution in [0.15, 0.2) is 17.2 Å². The summed E-state index contributed by atoms with van der Waals surface area (Å²) in [5.74, 6) is -1.53. The summed E-state index contributed by atoms with van der Waals surface area (Å²) in [5, 5.41) is 6.99. The van der Waals surface area contributed by atoms with Gasteiger partial charge in [0.2, 0.25) is 15.9 Å². The summed E-state index contributed by atoms with van der Waals surface area (Å²) in [4.78, 5) is 31.9. The van der Waals surface area contributed by atoms with E-state index >= 15 is 0 Å². The summed E-state index contributed by atoms with van der Waals surface area (Å²) in [5.41, 5.74) is 6.11. The molecule has 13 nitrogen and oxygen atoms in total. The molecule has 0 spiro atoms. The summed E-state index contributed by atoms with van der Waals surface area (Å²) in [6.07, 6.45) is 1.64. The lowest BCUT2D eigenvalue weighted by molar-refractivity contribution is 0.0993. The molecule has 38 heavy (non-hydrogen) atoms. The fraction of sp³-hybridized carbons (Fsp3) is 0.583. The molecule has 2 aromatic rings. The molecule has 0 aliphatic carbocycles. The summed E-state index contributed by atoms with van der Waals surface area (Å²) < 4.78 is 40.6. The van der Waals surface area contributed by atoms with E-state index in [1.54, 1.807) is 11.6 Å². The van der Waals surface area contributed by atoms with E-state index in [-0.39, 0.29) is 34.3 Å². The number of likely N-dealkylation sites (N-methyl/N-ethyl adjacent to an activating group) is 1. The van der Waals surface area contributed by atoms with E-state index in [1.165, 1.54) is 16.6 Å². The SMILES string of the molecule is CCOCCn1nc(C(N)=O)c(NC(=O)c2cc(S(=O)(=O)N3CCN(CC)CC3)cnc2OCC)c1CC. The van der Waals surface area contributed by atoms with E-state index in [0.717, 1.165) is 6.54 Å². The number of rotatable bonds is 13. The molecule has 3 heterocycles. The smallest absolute Gasteiger partial charge is 0.271 e. The maximum atomic E-state index is 13.5. The average molecular weight is 552 g/mol. The van der Waals surface area contributed by atoms with Crippen LogP contribution in [-0.4, -0.2) is 96.7 Å². The minimum absolute atomic E-state index is 0.0258. The number of carbonyl (C=O) groups is 2. The van der Waals surface area contributed by atoms with Gasteiger partial charge in [-0.2, -0.15) is 9.40 Å². The van der Waals surface area contributed by atoms with Crippen LogP contribution in [0.2, 0.25) is 0 Å². The Morgan fingerprint density at radius 3 is 2.39 bits per heavy atom. The maximum Gasteiger partial charge on any atom is 0.271 e. The molecule has 0 radical (unpaired) electrons. The van der Waals surface area contributed by atoms with Gasteiger partial charge in [-0.25, -0.2) is 13.4 Å². The van der Waals surface area contributed by atoms with E-state index in [2.05, 4.69) is 20.3 Å². The van der Waals surface area contributed by atoms with Gasteiger partial charge in [0, 0.05) is 32.8 Å². The highest BCUT2D eigenvalue weighted by atomic mass is 32.2. The first-order chi connectivity index (χ1) is 18.2. The zero-order valence-corrected chi connectivity index (χ0v) is 23.2. The molecule has 3 N–H and O–H groups in total. The first kappa shape index (κ1) is 29.5. The Bertz CT molecular complexity index is 1240. The summed E-state index contributed by atoms with van der Waals surface area (Å²) in [7, 11) is -3.89. The monoisotopic (exact) mass is 551 g/mol. The number of carbonyl (C=O) groups excluding carboxylic acids is 2. The van der Waals surface area contributed by atoms with Gasteiger partial charge >= 0.3 is 0 Å². The molecular weight excluding hydrogens is 514 g/mol. The van der Waals surface area contributed by atoms with Gasteiger partial charge in [0.15, 0.2) is 5.69 Å². The predicted molar refractivity (Wildman–Crippen MR) is 141 cm³/mol. The number of primary amides is 1. The van der Waals surface area contributed by atoms with Gasteiger partial charge in [0.1, 0.15) is 10.5 Å². The lowest BCUT2D eigenvalue weighted by Gasteiger charge is -2.33. The number of hydrogen-bond donors (Lipinski definition) is 2. The molecule has 14 heteroatoms. The summed E-state index contributed by atoms with van der Waals surface area (Å²) in [6.45, 7) is 11.7. The van der Waals surface area contributed by atoms with E-state index in [9.17, 15) is 18.0 Å². The van der Waals surface area contributed by atoms with Crippen molar-refractivity contribution in [2.45, 2.75) is 45.6 Å². The number of piperazine rings is 1. The Kier molecular flexibility index (Phi) is 10.2. The van der Waals surface area contributed by atoms with Gasteiger partial charge in [0.25, 0.3) is 11.8 Å². The summed E-state index contributed by atoms with van der Waals surface area (Å²) >= 11 is 0. The Labute approximate surface area is 223 Å². The minimum atomic E-state index is -3.89. The zero-order valence-electron chi connectivity index (χ0n) is 22.4. The van der Waals surface area contributed by atoms with E-state index in [0.29, 0.717) is 58.1 Å². The fourth-order valence-electron chi connectivity index (χ4n) is 4.24. The third-order valence-electron chi connectivity index (χ3n) is 6.28. The second kappa shape index (κ2) is 13.1. The van der Waals surface area contributed by atoms with Crippen LogP contribution in [-0.2, 0) is 27.7 Å². The number of pyridine rings is 1. The van der Waals surface area contributed by atoms with Gasteiger partial charge in [-0.05, 0) is 32.9 Å². The molecule has 0 atom stereocenters. The highest BCUT2D eigenvalue weighted by Crippen LogP contribution is 2.27. The van der Waals surface area contributed by atoms with Crippen molar-refractivity contribution in [3.05, 3.63) is 29.2 Å². The zero-order chi connectivity index (χ0) is 27.9. The number of hydrogen-bond acceptors (Lipinski definition) is 9. The lowest BCUT2D eigenvalue weighted by Crippen LogP contribution is -2.48. The molecule has 0 saturated carbocycles. The first-order valence-electron chi connectivity index (χ1n) is 12.8.